The van der Waals surface area contributed by atoms with Gasteiger partial charge in [-0.15, -0.1) is 0 Å². The van der Waals surface area contributed by atoms with Crippen molar-refractivity contribution in [3.63, 3.8) is 0 Å². The van der Waals surface area contributed by atoms with E-state index in [1.165, 1.54) is 44.5 Å². The van der Waals surface area contributed by atoms with E-state index in [-0.39, 0.29) is 11.8 Å². The third kappa shape index (κ3) is 6.11. The molecule has 0 fully saturated rings. The van der Waals surface area contributed by atoms with E-state index >= 15 is 0 Å². The Hall–Kier alpha value is -3.17. The number of nitrogens with one attached hydrogen (secondary N) is 2. The van der Waals surface area contributed by atoms with Gasteiger partial charge in [-0.2, -0.15) is 0 Å². The quantitative estimate of drug-likeness (QED) is 0.117. The Morgan fingerprint density at radius 1 is 0.615 bits per heavy atom. The molecule has 0 heterocycles. The third-order valence-electron chi connectivity index (χ3n) is 11.9. The number of benzene rings is 4. The number of allylic oxidation sites excluding steroid dienone is 2. The van der Waals surface area contributed by atoms with Crippen LogP contribution in [0.3, 0.4) is 0 Å². The SMILES string of the molecule is Cc1cc(C)c(C)c(-c2cccc3c2C=C(C(C)C)[CH]3[Zr]([Cl])([Cl])([B](NC=O)NC=O)[CH]2C(C(C)C)=Cc3c(-c4cc(C)cc(C)c4C)cccc32)c1. The third-order valence-corrected chi connectivity index (χ3v) is 31.7. The van der Waals surface area contributed by atoms with Gasteiger partial charge in [-0.3, -0.25) is 0 Å². The number of carbonyl (C=O) groups is 2. The molecule has 52 heavy (non-hydrogen) atoms. The van der Waals surface area contributed by atoms with Gasteiger partial charge in [0.25, 0.3) is 0 Å². The summed E-state index contributed by atoms with van der Waals surface area (Å²) in [5, 5.41) is 5.98. The van der Waals surface area contributed by atoms with Crippen molar-refractivity contribution in [2.75, 3.05) is 0 Å². The first-order chi connectivity index (χ1) is 24.5. The molecule has 0 aliphatic heterocycles. The first kappa shape index (κ1) is 38.5. The van der Waals surface area contributed by atoms with Gasteiger partial charge in [-0.05, 0) is 0 Å². The van der Waals surface area contributed by atoms with Gasteiger partial charge in [0.1, 0.15) is 0 Å². The fourth-order valence-electron chi connectivity index (χ4n) is 9.19. The Labute approximate surface area is 318 Å². The summed E-state index contributed by atoms with van der Waals surface area (Å²) in [7, 11) is 17.3. The molecule has 4 aromatic rings. The second-order valence-electron chi connectivity index (χ2n) is 15.8. The van der Waals surface area contributed by atoms with Crippen LogP contribution in [0.4, 0.5) is 0 Å². The molecule has 0 spiro atoms. The van der Waals surface area contributed by atoms with Crippen molar-refractivity contribution < 1.29 is 25.8 Å². The van der Waals surface area contributed by atoms with Gasteiger partial charge in [0.05, 0.1) is 0 Å². The van der Waals surface area contributed by atoms with Crippen LogP contribution in [0.2, 0.25) is 0 Å². The standard InChI is InChI=1S/2C21H23.C2H3BN2O2.2ClH.Zr/c2*1-13(2)18-11-17-7-6-8-19(21(17)12-18)20-10-14(3)9-15(4)16(20)5;6-1-4-3-5-2-7;;;/h2*6-13H,1-5H3;1-2H,(H-,4,5,6,7);2*1H;/q;;;;;+1/p-1. The van der Waals surface area contributed by atoms with Gasteiger partial charge in [0.15, 0.2) is 0 Å². The normalized spacial score (nSPS) is 17.2. The summed E-state index contributed by atoms with van der Waals surface area (Å²) in [6.45, 7) is 21.7. The van der Waals surface area contributed by atoms with Crippen molar-refractivity contribution in [2.45, 2.75) is 76.5 Å². The van der Waals surface area contributed by atoms with Crippen molar-refractivity contribution >= 4 is 46.5 Å². The van der Waals surface area contributed by atoms with Gasteiger partial charge >= 0.3 is 321 Å². The number of fused-ring (bicyclic) bond motifs is 2. The monoisotopic (exact) mass is 809 g/mol. The van der Waals surface area contributed by atoms with Crippen molar-refractivity contribution in [1.29, 1.82) is 0 Å². The molecule has 8 heteroatoms. The van der Waals surface area contributed by atoms with Crippen LogP contribution in [0.5, 0.6) is 0 Å². The molecular weight excluding hydrogens is 761 g/mol. The number of hydrogen-bond donors (Lipinski definition) is 2. The number of hydrogen-bond acceptors (Lipinski definition) is 2. The van der Waals surface area contributed by atoms with Crippen molar-refractivity contribution in [2.24, 2.45) is 11.8 Å². The molecule has 2 aliphatic carbocycles. The minimum atomic E-state index is -5.91. The Morgan fingerprint density at radius 2 is 1.00 bits per heavy atom. The number of halogens is 2. The van der Waals surface area contributed by atoms with Crippen LogP contribution in [-0.4, -0.2) is 17.3 Å². The fraction of sp³-hybridized carbons (Fsp3) is 0.318. The molecule has 2 atom stereocenters. The molecule has 2 unspecified atom stereocenters. The van der Waals surface area contributed by atoms with Gasteiger partial charge in [-0.25, -0.2) is 0 Å². The zero-order valence-corrected chi connectivity index (χ0v) is 36.0. The second kappa shape index (κ2) is 14.2. The number of carbonyl (C=O) groups excluding carboxylic acids is 2. The van der Waals surface area contributed by atoms with E-state index < -0.39 is 27.9 Å². The van der Waals surface area contributed by atoms with Gasteiger partial charge in [-0.1, -0.05) is 0 Å². The van der Waals surface area contributed by atoms with Gasteiger partial charge < -0.3 is 0 Å². The molecule has 2 aliphatic rings. The molecule has 269 valence electrons. The summed E-state index contributed by atoms with van der Waals surface area (Å²) < 4.78 is -1.80. The van der Waals surface area contributed by atoms with E-state index in [4.69, 9.17) is 17.0 Å². The Morgan fingerprint density at radius 3 is 1.35 bits per heavy atom. The second-order valence-corrected chi connectivity index (χ2v) is 37.2. The van der Waals surface area contributed by atoms with Crippen LogP contribution >= 0.6 is 17.0 Å². The van der Waals surface area contributed by atoms with E-state index in [0.717, 1.165) is 44.5 Å². The maximum atomic E-state index is 12.5. The van der Waals surface area contributed by atoms with Crippen LogP contribution in [-0.2, 0) is 25.8 Å². The van der Waals surface area contributed by atoms with E-state index in [9.17, 15) is 9.59 Å². The molecule has 4 nitrogen and oxygen atoms in total. The first-order valence-corrected chi connectivity index (χ1v) is 29.0. The summed E-state index contributed by atoms with van der Waals surface area (Å²) in [6.07, 6.45) is 5.87. The van der Waals surface area contributed by atoms with Crippen LogP contribution in [0.25, 0.3) is 34.4 Å². The van der Waals surface area contributed by atoms with Crippen LogP contribution in [0, 0.1) is 53.4 Å². The summed E-state index contributed by atoms with van der Waals surface area (Å²) >= 11 is -5.91. The van der Waals surface area contributed by atoms with E-state index in [0.29, 0.717) is 12.8 Å². The average molecular weight is 812 g/mol. The topological polar surface area (TPSA) is 58.2 Å². The number of aryl methyl sites for hydroxylation is 4. The molecule has 0 saturated carbocycles. The Balaban J connectivity index is 1.71. The summed E-state index contributed by atoms with van der Waals surface area (Å²) in [6, 6.07) is 21.9. The fourth-order valence-corrected chi connectivity index (χ4v) is 30.1. The zero-order valence-electron chi connectivity index (χ0n) is 32.0. The molecule has 4 aromatic carbocycles. The molecule has 0 saturated heterocycles. The van der Waals surface area contributed by atoms with E-state index in [1.54, 1.807) is 0 Å². The van der Waals surface area contributed by atoms with Crippen molar-refractivity contribution in [1.82, 2.24) is 10.5 Å². The maximum absolute atomic E-state index is 12.5. The van der Waals surface area contributed by atoms with E-state index in [1.807, 2.05) is 0 Å². The molecule has 0 aromatic heterocycles. The van der Waals surface area contributed by atoms with Gasteiger partial charge in [0.2, 0.25) is 0 Å². The van der Waals surface area contributed by atoms with Gasteiger partial charge in [0, 0.05) is 0 Å². The summed E-state index contributed by atoms with van der Waals surface area (Å²) in [5.74, 6) is 0.168. The van der Waals surface area contributed by atoms with Crippen molar-refractivity contribution in [3.05, 3.63) is 127 Å². The number of rotatable bonds is 11. The molecule has 0 radical (unpaired) electrons. The zero-order chi connectivity index (χ0) is 37.9. The number of amides is 2. The molecule has 2 N–H and O–H groups in total. The van der Waals surface area contributed by atoms with Crippen LogP contribution in [0.15, 0.2) is 71.8 Å². The average Bonchev–Trinajstić information content (AvgIpc) is 3.70. The Bertz CT molecular complexity index is 2040. The Kier molecular flexibility index (Phi) is 10.6. The molecule has 6 rings (SSSR count). The van der Waals surface area contributed by atoms with Crippen LogP contribution in [0.1, 0.15) is 90.6 Å². The molecule has 2 amide bonds. The van der Waals surface area contributed by atoms with Crippen LogP contribution < -0.4 is 10.5 Å². The first-order valence-electron chi connectivity index (χ1n) is 18.4. The summed E-state index contributed by atoms with van der Waals surface area (Å²) in [4.78, 5) is 25.1. The predicted octanol–water partition coefficient (Wildman–Crippen LogP) is 11.2. The predicted molar refractivity (Wildman–Crippen MR) is 219 cm³/mol. The minimum absolute atomic E-state index is 0.0840. The summed E-state index contributed by atoms with van der Waals surface area (Å²) in [5.41, 5.74) is 18.6. The molecule has 0 bridgehead atoms. The molecular formula is C44H50BCl2N2O2Zr. The van der Waals surface area contributed by atoms with Crippen molar-refractivity contribution in [3.8, 4) is 22.3 Å². The van der Waals surface area contributed by atoms with E-state index in [2.05, 4.69) is 153 Å².